The molecule has 0 amide bonds. The molecule has 0 aliphatic rings. The molecule has 0 saturated heterocycles. The van der Waals surface area contributed by atoms with Crippen LogP contribution in [-0.2, 0) is 0 Å². The van der Waals surface area contributed by atoms with Crippen molar-refractivity contribution in [3.8, 4) is 0 Å². The first-order chi connectivity index (χ1) is 8.68. The van der Waals surface area contributed by atoms with Crippen LogP contribution < -0.4 is 5.32 Å². The quantitative estimate of drug-likeness (QED) is 0.311. The van der Waals surface area contributed by atoms with Gasteiger partial charge in [0, 0.05) is 0 Å². The number of aliphatic hydroxyl groups is 3. The molecule has 0 rings (SSSR count). The van der Waals surface area contributed by atoms with Gasteiger partial charge in [-0.05, 0) is 13.0 Å². The normalized spacial score (nSPS) is 12.5. The maximum Gasteiger partial charge on any atom is 0.192 e. The van der Waals surface area contributed by atoms with E-state index in [1.807, 2.05) is 0 Å². The summed E-state index contributed by atoms with van der Waals surface area (Å²) in [5.41, 5.74) is 0. The van der Waals surface area contributed by atoms with E-state index >= 15 is 0 Å². The van der Waals surface area contributed by atoms with Gasteiger partial charge in [-0.1, -0.05) is 64.7 Å². The third kappa shape index (κ3) is 16.1. The van der Waals surface area contributed by atoms with Gasteiger partial charge >= 0.3 is 0 Å². The summed E-state index contributed by atoms with van der Waals surface area (Å²) in [5, 5.41) is 29.0. The lowest BCUT2D eigenvalue weighted by atomic mass is 10.1. The van der Waals surface area contributed by atoms with E-state index < -0.39 is 12.5 Å². The molecule has 0 bridgehead atoms. The number of aliphatic hydroxyl groups excluding tert-OH is 2. The van der Waals surface area contributed by atoms with E-state index in [2.05, 4.69) is 12.2 Å². The Morgan fingerprint density at radius 3 is 1.58 bits per heavy atom. The van der Waals surface area contributed by atoms with Crippen LogP contribution in [0.5, 0.6) is 0 Å². The second kappa shape index (κ2) is 16.2. The highest BCUT2D eigenvalue weighted by Crippen LogP contribution is 2.10. The van der Waals surface area contributed by atoms with E-state index in [0.717, 1.165) is 12.8 Å². The Labute approximate surface area is 124 Å². The monoisotopic (exact) mass is 297 g/mol. The lowest BCUT2D eigenvalue weighted by Gasteiger charge is -2.13. The van der Waals surface area contributed by atoms with Crippen LogP contribution >= 0.6 is 12.4 Å². The minimum absolute atomic E-state index is 0. The molecule has 0 radical (unpaired) electrons. The molecule has 0 heterocycles. The van der Waals surface area contributed by atoms with Crippen LogP contribution in [0.2, 0.25) is 0 Å². The van der Waals surface area contributed by atoms with Crippen molar-refractivity contribution in [2.45, 2.75) is 83.6 Å². The summed E-state index contributed by atoms with van der Waals surface area (Å²) in [6, 6.07) is 0. The summed E-state index contributed by atoms with van der Waals surface area (Å²) in [4.78, 5) is 0. The molecule has 1 unspecified atom stereocenters. The third-order valence-corrected chi connectivity index (χ3v) is 3.17. The van der Waals surface area contributed by atoms with Crippen molar-refractivity contribution in [1.82, 2.24) is 5.32 Å². The highest BCUT2D eigenvalue weighted by Gasteiger charge is 2.09. The number of halogens is 1. The van der Waals surface area contributed by atoms with Gasteiger partial charge in [-0.15, -0.1) is 12.4 Å². The van der Waals surface area contributed by atoms with Gasteiger partial charge in [0.2, 0.25) is 0 Å². The Morgan fingerprint density at radius 2 is 1.16 bits per heavy atom. The SMILES string of the molecule is CCCCCCCCCCCCNC(O)C(O)O.Cl. The number of nitrogens with one attached hydrogen (secondary N) is 1. The molecule has 0 aromatic rings. The van der Waals surface area contributed by atoms with Crippen molar-refractivity contribution in [3.05, 3.63) is 0 Å². The molecular formula is C14H32ClNO3. The van der Waals surface area contributed by atoms with Crippen LogP contribution in [0.15, 0.2) is 0 Å². The summed E-state index contributed by atoms with van der Waals surface area (Å²) in [5.74, 6) is 0. The summed E-state index contributed by atoms with van der Waals surface area (Å²) in [6.45, 7) is 2.87. The Morgan fingerprint density at radius 1 is 0.737 bits per heavy atom. The van der Waals surface area contributed by atoms with Crippen molar-refractivity contribution in [2.24, 2.45) is 0 Å². The van der Waals surface area contributed by atoms with E-state index in [1.54, 1.807) is 0 Å². The summed E-state index contributed by atoms with van der Waals surface area (Å²) < 4.78 is 0. The molecule has 1 atom stereocenters. The Kier molecular flexibility index (Phi) is 18.3. The van der Waals surface area contributed by atoms with Gasteiger partial charge in [0.15, 0.2) is 12.5 Å². The second-order valence-corrected chi connectivity index (χ2v) is 4.99. The second-order valence-electron chi connectivity index (χ2n) is 4.99. The molecule has 19 heavy (non-hydrogen) atoms. The van der Waals surface area contributed by atoms with Gasteiger partial charge in [-0.2, -0.15) is 0 Å². The molecule has 118 valence electrons. The minimum Gasteiger partial charge on any atom is -0.373 e. The third-order valence-electron chi connectivity index (χ3n) is 3.17. The predicted molar refractivity (Wildman–Crippen MR) is 81.3 cm³/mol. The topological polar surface area (TPSA) is 72.7 Å². The number of rotatable bonds is 13. The molecular weight excluding hydrogens is 266 g/mol. The van der Waals surface area contributed by atoms with E-state index in [9.17, 15) is 0 Å². The van der Waals surface area contributed by atoms with Crippen LogP contribution in [-0.4, -0.2) is 34.4 Å². The van der Waals surface area contributed by atoms with Crippen LogP contribution in [0.4, 0.5) is 0 Å². The van der Waals surface area contributed by atoms with E-state index in [0.29, 0.717) is 6.54 Å². The first kappa shape index (κ1) is 21.4. The van der Waals surface area contributed by atoms with Crippen LogP contribution in [0.3, 0.4) is 0 Å². The lowest BCUT2D eigenvalue weighted by Crippen LogP contribution is -2.39. The van der Waals surface area contributed by atoms with Gasteiger partial charge in [-0.25, -0.2) is 0 Å². The van der Waals surface area contributed by atoms with Crippen LogP contribution in [0, 0.1) is 0 Å². The number of unbranched alkanes of at least 4 members (excludes halogenated alkanes) is 9. The zero-order chi connectivity index (χ0) is 13.6. The molecule has 0 aromatic heterocycles. The highest BCUT2D eigenvalue weighted by atomic mass is 35.5. The standard InChI is InChI=1S/C14H31NO3.ClH/c1-2-3-4-5-6-7-8-9-10-11-12-15-13(16)14(17)18;/h13-18H,2-12H2,1H3;1H. The minimum atomic E-state index is -1.69. The Bertz CT molecular complexity index is 171. The molecule has 0 aromatic carbocycles. The van der Waals surface area contributed by atoms with Gasteiger partial charge < -0.3 is 15.3 Å². The first-order valence-electron chi connectivity index (χ1n) is 7.46. The maximum atomic E-state index is 9.06. The lowest BCUT2D eigenvalue weighted by molar-refractivity contribution is -0.132. The first-order valence-corrected chi connectivity index (χ1v) is 7.46. The molecule has 0 spiro atoms. The van der Waals surface area contributed by atoms with Gasteiger partial charge in [-0.3, -0.25) is 5.32 Å². The molecule has 0 aliphatic carbocycles. The Hall–Kier alpha value is 0.130. The van der Waals surface area contributed by atoms with Gasteiger partial charge in [0.25, 0.3) is 0 Å². The molecule has 4 N–H and O–H groups in total. The fraction of sp³-hybridized carbons (Fsp3) is 1.00. The molecule has 5 heteroatoms. The van der Waals surface area contributed by atoms with Crippen molar-refractivity contribution >= 4 is 12.4 Å². The molecule has 0 saturated carbocycles. The summed E-state index contributed by atoms with van der Waals surface area (Å²) in [7, 11) is 0. The van der Waals surface area contributed by atoms with E-state index in [-0.39, 0.29) is 12.4 Å². The van der Waals surface area contributed by atoms with Crippen molar-refractivity contribution < 1.29 is 15.3 Å². The maximum absolute atomic E-state index is 9.06. The van der Waals surface area contributed by atoms with E-state index in [4.69, 9.17) is 15.3 Å². The number of hydrogen-bond acceptors (Lipinski definition) is 4. The predicted octanol–water partition coefficient (Wildman–Crippen LogP) is 2.55. The highest BCUT2D eigenvalue weighted by molar-refractivity contribution is 5.85. The molecule has 4 nitrogen and oxygen atoms in total. The fourth-order valence-electron chi connectivity index (χ4n) is 1.97. The average molecular weight is 298 g/mol. The molecule has 0 aliphatic heterocycles. The fourth-order valence-corrected chi connectivity index (χ4v) is 1.97. The smallest absolute Gasteiger partial charge is 0.192 e. The van der Waals surface area contributed by atoms with Crippen molar-refractivity contribution in [3.63, 3.8) is 0 Å². The summed E-state index contributed by atoms with van der Waals surface area (Å²) >= 11 is 0. The largest absolute Gasteiger partial charge is 0.373 e. The average Bonchev–Trinajstić information content (AvgIpc) is 2.35. The zero-order valence-corrected chi connectivity index (χ0v) is 13.0. The van der Waals surface area contributed by atoms with Crippen LogP contribution in [0.1, 0.15) is 71.1 Å². The Balaban J connectivity index is 0. The van der Waals surface area contributed by atoms with Crippen molar-refractivity contribution in [2.75, 3.05) is 6.54 Å². The van der Waals surface area contributed by atoms with Gasteiger partial charge in [0.1, 0.15) is 0 Å². The van der Waals surface area contributed by atoms with Gasteiger partial charge in [0.05, 0.1) is 0 Å². The van der Waals surface area contributed by atoms with Crippen LogP contribution in [0.25, 0.3) is 0 Å². The number of hydrogen-bond donors (Lipinski definition) is 4. The molecule has 0 fully saturated rings. The van der Waals surface area contributed by atoms with E-state index in [1.165, 1.54) is 51.4 Å². The summed E-state index contributed by atoms with van der Waals surface area (Å²) in [6.07, 6.45) is 9.82. The zero-order valence-electron chi connectivity index (χ0n) is 12.2. The van der Waals surface area contributed by atoms with Crippen molar-refractivity contribution in [1.29, 1.82) is 0 Å².